The van der Waals surface area contributed by atoms with Gasteiger partial charge in [0, 0.05) is 17.3 Å². The van der Waals surface area contributed by atoms with Crippen molar-refractivity contribution in [2.75, 3.05) is 11.4 Å². The maximum atomic E-state index is 12.5. The van der Waals surface area contributed by atoms with Crippen LogP contribution in [0.1, 0.15) is 17.9 Å². The first-order valence-corrected chi connectivity index (χ1v) is 7.67. The third kappa shape index (κ3) is 3.22. The Bertz CT molecular complexity index is 744. The minimum Gasteiger partial charge on any atom is -0.448 e. The van der Waals surface area contributed by atoms with Crippen molar-refractivity contribution in [3.05, 3.63) is 47.1 Å². The van der Waals surface area contributed by atoms with Gasteiger partial charge in [0.1, 0.15) is 17.4 Å². The molecule has 0 spiro atoms. The fourth-order valence-electron chi connectivity index (χ4n) is 2.62. The second-order valence-corrected chi connectivity index (χ2v) is 5.82. The maximum Gasteiger partial charge on any atom is 0.239 e. The van der Waals surface area contributed by atoms with Gasteiger partial charge >= 0.3 is 0 Å². The molecule has 3 rings (SSSR count). The molecule has 7 heteroatoms. The molecular weight excluding hydrogens is 318 g/mol. The number of hydrogen-bond acceptors (Lipinski definition) is 4. The van der Waals surface area contributed by atoms with E-state index in [2.05, 4.69) is 10.3 Å². The molecule has 1 aromatic carbocycles. The molecule has 2 amide bonds. The van der Waals surface area contributed by atoms with E-state index in [1.165, 1.54) is 6.39 Å². The fourth-order valence-corrected chi connectivity index (χ4v) is 2.80. The Balaban J connectivity index is 1.64. The molecule has 1 aliphatic rings. The molecule has 1 aromatic heterocycles. The van der Waals surface area contributed by atoms with E-state index < -0.39 is 5.92 Å². The molecule has 0 bridgehead atoms. The van der Waals surface area contributed by atoms with Crippen LogP contribution in [-0.2, 0) is 16.1 Å². The van der Waals surface area contributed by atoms with Crippen molar-refractivity contribution in [2.24, 2.45) is 5.92 Å². The maximum absolute atomic E-state index is 12.5. The van der Waals surface area contributed by atoms with Gasteiger partial charge in [0.15, 0.2) is 6.39 Å². The zero-order chi connectivity index (χ0) is 16.4. The lowest BCUT2D eigenvalue weighted by atomic mass is 10.1. The zero-order valence-electron chi connectivity index (χ0n) is 12.6. The van der Waals surface area contributed by atoms with Gasteiger partial charge in [-0.2, -0.15) is 0 Å². The number of amides is 2. The summed E-state index contributed by atoms with van der Waals surface area (Å²) in [6.07, 6.45) is 1.81. The van der Waals surface area contributed by atoms with Gasteiger partial charge in [-0.3, -0.25) is 9.59 Å². The van der Waals surface area contributed by atoms with Crippen LogP contribution in [0.4, 0.5) is 5.69 Å². The lowest BCUT2D eigenvalue weighted by Gasteiger charge is -2.17. The van der Waals surface area contributed by atoms with Crippen molar-refractivity contribution in [3.63, 3.8) is 0 Å². The summed E-state index contributed by atoms with van der Waals surface area (Å²) in [5, 5.41) is 3.31. The number of nitrogens with zero attached hydrogens (tertiary/aromatic N) is 2. The number of oxazole rings is 1. The average Bonchev–Trinajstić information content (AvgIpc) is 3.11. The SMILES string of the molecule is Cc1ocnc1CNC(=O)[C@H]1CCN(c2cccc(Cl)c2)C1=O. The first-order chi connectivity index (χ1) is 11.1. The van der Waals surface area contributed by atoms with E-state index >= 15 is 0 Å². The summed E-state index contributed by atoms with van der Waals surface area (Å²) in [5.41, 5.74) is 1.38. The van der Waals surface area contributed by atoms with Gasteiger partial charge < -0.3 is 14.6 Å². The summed E-state index contributed by atoms with van der Waals surface area (Å²) in [4.78, 5) is 30.3. The van der Waals surface area contributed by atoms with Crippen molar-refractivity contribution in [1.82, 2.24) is 10.3 Å². The van der Waals surface area contributed by atoms with Crippen LogP contribution in [0, 0.1) is 12.8 Å². The highest BCUT2D eigenvalue weighted by Gasteiger charge is 2.37. The second kappa shape index (κ2) is 6.42. The summed E-state index contributed by atoms with van der Waals surface area (Å²) in [6.45, 7) is 2.53. The predicted octanol–water partition coefficient (Wildman–Crippen LogP) is 2.31. The summed E-state index contributed by atoms with van der Waals surface area (Å²) >= 11 is 5.96. The average molecular weight is 334 g/mol. The summed E-state index contributed by atoms with van der Waals surface area (Å²) in [7, 11) is 0. The molecule has 0 saturated carbocycles. The molecule has 1 N–H and O–H groups in total. The van der Waals surface area contributed by atoms with Crippen molar-refractivity contribution in [1.29, 1.82) is 0 Å². The molecule has 0 unspecified atom stereocenters. The summed E-state index contributed by atoms with van der Waals surface area (Å²) in [5.74, 6) is -0.520. The van der Waals surface area contributed by atoms with E-state index in [0.717, 1.165) is 0 Å². The van der Waals surface area contributed by atoms with Crippen molar-refractivity contribution in [2.45, 2.75) is 19.9 Å². The number of aryl methyl sites for hydroxylation is 1. The molecule has 2 aromatic rings. The minimum atomic E-state index is -0.679. The number of rotatable bonds is 4. The third-order valence-corrected chi connectivity index (χ3v) is 4.15. The highest BCUT2D eigenvalue weighted by Crippen LogP contribution is 2.27. The van der Waals surface area contributed by atoms with Crippen LogP contribution in [-0.4, -0.2) is 23.3 Å². The van der Waals surface area contributed by atoms with Gasteiger partial charge in [0.25, 0.3) is 0 Å². The summed E-state index contributed by atoms with van der Waals surface area (Å²) < 4.78 is 5.08. The number of hydrogen-bond donors (Lipinski definition) is 1. The van der Waals surface area contributed by atoms with E-state index in [9.17, 15) is 9.59 Å². The Hall–Kier alpha value is -2.34. The van der Waals surface area contributed by atoms with Gasteiger partial charge in [0.2, 0.25) is 11.8 Å². The molecule has 1 atom stereocenters. The molecule has 1 saturated heterocycles. The minimum absolute atomic E-state index is 0.207. The van der Waals surface area contributed by atoms with Crippen LogP contribution >= 0.6 is 11.6 Å². The normalized spacial score (nSPS) is 17.6. The van der Waals surface area contributed by atoms with Gasteiger partial charge in [-0.1, -0.05) is 17.7 Å². The van der Waals surface area contributed by atoms with E-state index in [1.807, 2.05) is 6.07 Å². The molecule has 1 fully saturated rings. The Morgan fingerprint density at radius 1 is 1.52 bits per heavy atom. The van der Waals surface area contributed by atoms with Crippen LogP contribution in [0.15, 0.2) is 35.1 Å². The molecule has 23 heavy (non-hydrogen) atoms. The van der Waals surface area contributed by atoms with Crippen molar-refractivity contribution >= 4 is 29.1 Å². The smallest absolute Gasteiger partial charge is 0.239 e. The molecule has 0 radical (unpaired) electrons. The number of carbonyl (C=O) groups excluding carboxylic acids is 2. The largest absolute Gasteiger partial charge is 0.448 e. The topological polar surface area (TPSA) is 75.4 Å². The lowest BCUT2D eigenvalue weighted by Crippen LogP contribution is -2.36. The number of nitrogens with one attached hydrogen (secondary N) is 1. The van der Waals surface area contributed by atoms with Gasteiger partial charge in [-0.05, 0) is 31.5 Å². The standard InChI is InChI=1S/C16H16ClN3O3/c1-10-14(19-9-23-10)8-18-15(21)13-5-6-20(16(13)22)12-4-2-3-11(17)7-12/h2-4,7,9,13H,5-6,8H2,1H3,(H,18,21)/t13-/m1/s1. The zero-order valence-corrected chi connectivity index (χ0v) is 13.3. The number of halogens is 1. The first-order valence-electron chi connectivity index (χ1n) is 7.30. The quantitative estimate of drug-likeness (QED) is 0.871. The van der Waals surface area contributed by atoms with Crippen molar-refractivity contribution < 1.29 is 14.0 Å². The second-order valence-electron chi connectivity index (χ2n) is 5.38. The van der Waals surface area contributed by atoms with Gasteiger partial charge in [0.05, 0.1) is 6.54 Å². The lowest BCUT2D eigenvalue weighted by molar-refractivity contribution is -0.132. The van der Waals surface area contributed by atoms with Crippen LogP contribution in [0.3, 0.4) is 0 Å². The highest BCUT2D eigenvalue weighted by molar-refractivity contribution is 6.31. The Morgan fingerprint density at radius 3 is 3.04 bits per heavy atom. The van der Waals surface area contributed by atoms with Crippen LogP contribution < -0.4 is 10.2 Å². The monoisotopic (exact) mass is 333 g/mol. The van der Waals surface area contributed by atoms with Crippen molar-refractivity contribution in [3.8, 4) is 0 Å². The predicted molar refractivity (Wildman–Crippen MR) is 85.0 cm³/mol. The molecule has 0 aliphatic carbocycles. The van der Waals surface area contributed by atoms with Crippen LogP contribution in [0.2, 0.25) is 5.02 Å². The molecule has 6 nitrogen and oxygen atoms in total. The fraction of sp³-hybridized carbons (Fsp3) is 0.312. The number of aromatic nitrogens is 1. The summed E-state index contributed by atoms with van der Waals surface area (Å²) in [6, 6.07) is 7.06. The Morgan fingerprint density at radius 2 is 2.35 bits per heavy atom. The first kappa shape index (κ1) is 15.6. The van der Waals surface area contributed by atoms with Gasteiger partial charge in [-0.25, -0.2) is 4.98 Å². The number of carbonyl (C=O) groups is 2. The third-order valence-electron chi connectivity index (χ3n) is 3.92. The van der Waals surface area contributed by atoms with E-state index in [0.29, 0.717) is 35.1 Å². The molecule has 1 aliphatic heterocycles. The van der Waals surface area contributed by atoms with E-state index in [1.54, 1.807) is 30.0 Å². The van der Waals surface area contributed by atoms with Crippen LogP contribution in [0.25, 0.3) is 0 Å². The highest BCUT2D eigenvalue weighted by atomic mass is 35.5. The van der Waals surface area contributed by atoms with Gasteiger partial charge in [-0.15, -0.1) is 0 Å². The Kier molecular flexibility index (Phi) is 4.34. The molecule has 120 valence electrons. The molecule has 2 heterocycles. The number of anilines is 1. The van der Waals surface area contributed by atoms with E-state index in [4.69, 9.17) is 16.0 Å². The van der Waals surface area contributed by atoms with Crippen LogP contribution in [0.5, 0.6) is 0 Å². The number of benzene rings is 1. The molecular formula is C16H16ClN3O3. The Labute approximate surface area is 138 Å². The van der Waals surface area contributed by atoms with E-state index in [-0.39, 0.29) is 18.4 Å².